The second kappa shape index (κ2) is 8.23. The van der Waals surface area contributed by atoms with Crippen LogP contribution in [-0.2, 0) is 0 Å². The molecule has 0 radical (unpaired) electrons. The van der Waals surface area contributed by atoms with E-state index in [1.165, 1.54) is 24.3 Å². The van der Waals surface area contributed by atoms with Crippen LogP contribution in [-0.4, -0.2) is 11.8 Å². The zero-order valence-corrected chi connectivity index (χ0v) is 14.7. The van der Waals surface area contributed by atoms with Gasteiger partial charge in [-0.3, -0.25) is 4.79 Å². The van der Waals surface area contributed by atoms with Gasteiger partial charge < -0.3 is 4.74 Å². The molecule has 3 aromatic rings. The van der Waals surface area contributed by atoms with Gasteiger partial charge >= 0.3 is 5.97 Å². The van der Waals surface area contributed by atoms with Gasteiger partial charge in [-0.1, -0.05) is 60.2 Å². The SMILES string of the molecule is Cc1ccc(C(=O)/C=C/c2cccc(OC(=O)c3ccccc3F)c2)cc1. The Morgan fingerprint density at radius 2 is 1.67 bits per heavy atom. The molecular weight excluding hydrogens is 343 g/mol. The molecule has 0 heterocycles. The molecule has 0 bridgehead atoms. The number of esters is 1. The number of allylic oxidation sites excluding steroid dienone is 1. The summed E-state index contributed by atoms with van der Waals surface area (Å²) in [5.74, 6) is -1.26. The minimum atomic E-state index is -0.773. The number of halogens is 1. The first-order chi connectivity index (χ1) is 13.0. The summed E-state index contributed by atoms with van der Waals surface area (Å²) in [6.45, 7) is 1.96. The molecule has 0 aliphatic heterocycles. The van der Waals surface area contributed by atoms with Crippen molar-refractivity contribution in [1.29, 1.82) is 0 Å². The lowest BCUT2D eigenvalue weighted by atomic mass is 10.1. The molecule has 0 N–H and O–H groups in total. The number of aryl methyl sites for hydroxylation is 1. The third kappa shape index (κ3) is 4.76. The third-order valence-electron chi connectivity index (χ3n) is 3.93. The van der Waals surface area contributed by atoms with Gasteiger partial charge in [0.1, 0.15) is 11.6 Å². The van der Waals surface area contributed by atoms with Crippen molar-refractivity contribution in [3.8, 4) is 5.75 Å². The van der Waals surface area contributed by atoms with E-state index in [0.717, 1.165) is 5.56 Å². The molecule has 3 nitrogen and oxygen atoms in total. The summed E-state index contributed by atoms with van der Waals surface area (Å²) >= 11 is 0. The van der Waals surface area contributed by atoms with Gasteiger partial charge in [0.05, 0.1) is 5.56 Å². The third-order valence-corrected chi connectivity index (χ3v) is 3.93. The van der Waals surface area contributed by atoms with Crippen LogP contribution in [0.2, 0.25) is 0 Å². The lowest BCUT2D eigenvalue weighted by Gasteiger charge is -2.06. The van der Waals surface area contributed by atoms with Crippen LogP contribution >= 0.6 is 0 Å². The Kier molecular flexibility index (Phi) is 5.57. The van der Waals surface area contributed by atoms with Crippen LogP contribution in [0.5, 0.6) is 5.75 Å². The normalized spacial score (nSPS) is 10.7. The second-order valence-corrected chi connectivity index (χ2v) is 6.01. The van der Waals surface area contributed by atoms with Gasteiger partial charge in [-0.15, -0.1) is 0 Å². The average Bonchev–Trinajstić information content (AvgIpc) is 2.67. The van der Waals surface area contributed by atoms with E-state index in [2.05, 4.69) is 0 Å². The first-order valence-electron chi connectivity index (χ1n) is 8.39. The van der Waals surface area contributed by atoms with E-state index in [1.807, 2.05) is 19.1 Å². The number of benzene rings is 3. The number of hydrogen-bond acceptors (Lipinski definition) is 3. The molecule has 0 aliphatic rings. The molecule has 134 valence electrons. The first-order valence-corrected chi connectivity index (χ1v) is 8.39. The van der Waals surface area contributed by atoms with Crippen molar-refractivity contribution in [1.82, 2.24) is 0 Å². The van der Waals surface area contributed by atoms with Gasteiger partial charge in [0.25, 0.3) is 0 Å². The Bertz CT molecular complexity index is 1000. The maximum Gasteiger partial charge on any atom is 0.346 e. The van der Waals surface area contributed by atoms with E-state index in [0.29, 0.717) is 11.1 Å². The molecule has 0 unspecified atom stereocenters. The fourth-order valence-electron chi connectivity index (χ4n) is 2.46. The van der Waals surface area contributed by atoms with Crippen LogP contribution in [0.1, 0.15) is 31.8 Å². The quantitative estimate of drug-likeness (QED) is 0.270. The zero-order valence-electron chi connectivity index (χ0n) is 14.7. The highest BCUT2D eigenvalue weighted by Crippen LogP contribution is 2.18. The minimum Gasteiger partial charge on any atom is -0.423 e. The van der Waals surface area contributed by atoms with Crippen LogP contribution < -0.4 is 4.74 Å². The maximum absolute atomic E-state index is 13.7. The van der Waals surface area contributed by atoms with Gasteiger partial charge in [0.15, 0.2) is 5.78 Å². The van der Waals surface area contributed by atoms with E-state index in [1.54, 1.807) is 48.5 Å². The van der Waals surface area contributed by atoms with E-state index < -0.39 is 11.8 Å². The molecule has 27 heavy (non-hydrogen) atoms. The number of hydrogen-bond donors (Lipinski definition) is 0. The van der Waals surface area contributed by atoms with Crippen molar-refractivity contribution in [3.63, 3.8) is 0 Å². The fourth-order valence-corrected chi connectivity index (χ4v) is 2.46. The largest absolute Gasteiger partial charge is 0.423 e. The van der Waals surface area contributed by atoms with Crippen molar-refractivity contribution in [2.75, 3.05) is 0 Å². The maximum atomic E-state index is 13.7. The van der Waals surface area contributed by atoms with Crippen molar-refractivity contribution in [2.45, 2.75) is 6.92 Å². The van der Waals surface area contributed by atoms with E-state index in [-0.39, 0.29) is 17.1 Å². The first kappa shape index (κ1) is 18.3. The fraction of sp³-hybridized carbons (Fsp3) is 0.0435. The highest BCUT2D eigenvalue weighted by Gasteiger charge is 2.13. The predicted molar refractivity (Wildman–Crippen MR) is 102 cm³/mol. The number of ether oxygens (including phenoxy) is 1. The molecule has 3 rings (SSSR count). The number of rotatable bonds is 5. The van der Waals surface area contributed by atoms with E-state index in [4.69, 9.17) is 4.74 Å². The van der Waals surface area contributed by atoms with Crippen LogP contribution in [0.4, 0.5) is 4.39 Å². The van der Waals surface area contributed by atoms with Crippen molar-refractivity contribution >= 4 is 17.8 Å². The molecule has 3 aromatic carbocycles. The summed E-state index contributed by atoms with van der Waals surface area (Å²) in [4.78, 5) is 24.3. The van der Waals surface area contributed by atoms with Crippen molar-refractivity contribution < 1.29 is 18.7 Å². The zero-order chi connectivity index (χ0) is 19.2. The monoisotopic (exact) mass is 360 g/mol. The van der Waals surface area contributed by atoms with Gasteiger partial charge in [-0.2, -0.15) is 0 Å². The second-order valence-electron chi connectivity index (χ2n) is 6.01. The van der Waals surface area contributed by atoms with E-state index >= 15 is 0 Å². The Morgan fingerprint density at radius 3 is 2.41 bits per heavy atom. The summed E-state index contributed by atoms with van der Waals surface area (Å²) in [6.07, 6.45) is 3.10. The number of ketones is 1. The predicted octanol–water partition coefficient (Wildman–Crippen LogP) is 5.25. The molecule has 0 saturated heterocycles. The summed E-state index contributed by atoms with van der Waals surface area (Å²) in [7, 11) is 0. The Morgan fingerprint density at radius 1 is 0.926 bits per heavy atom. The Hall–Kier alpha value is -3.53. The molecule has 0 spiro atoms. The highest BCUT2D eigenvalue weighted by atomic mass is 19.1. The summed E-state index contributed by atoms with van der Waals surface area (Å²) in [6, 6.07) is 19.6. The smallest absolute Gasteiger partial charge is 0.346 e. The topological polar surface area (TPSA) is 43.4 Å². The summed E-state index contributed by atoms with van der Waals surface area (Å²) in [5.41, 5.74) is 2.24. The minimum absolute atomic E-state index is 0.122. The Balaban J connectivity index is 1.72. The molecule has 0 fully saturated rings. The van der Waals surface area contributed by atoms with Crippen LogP contribution in [0.25, 0.3) is 6.08 Å². The molecule has 0 aromatic heterocycles. The molecule has 0 amide bonds. The standard InChI is InChI=1S/C23H17FO3/c1-16-9-12-18(13-10-16)22(25)14-11-17-5-4-6-19(15-17)27-23(26)20-7-2-3-8-21(20)24/h2-15H,1H3/b14-11+. The molecule has 0 aliphatic carbocycles. The highest BCUT2D eigenvalue weighted by molar-refractivity contribution is 6.06. The molecule has 0 atom stereocenters. The lowest BCUT2D eigenvalue weighted by Crippen LogP contribution is -2.10. The van der Waals surface area contributed by atoms with E-state index in [9.17, 15) is 14.0 Å². The van der Waals surface area contributed by atoms with Crippen molar-refractivity contribution in [3.05, 3.63) is 107 Å². The average molecular weight is 360 g/mol. The molecule has 4 heteroatoms. The molecular formula is C23H17FO3. The number of carbonyl (C=O) groups is 2. The van der Waals surface area contributed by atoms with Crippen LogP contribution in [0.15, 0.2) is 78.9 Å². The van der Waals surface area contributed by atoms with Crippen LogP contribution in [0, 0.1) is 12.7 Å². The molecule has 0 saturated carbocycles. The lowest BCUT2D eigenvalue weighted by molar-refractivity contribution is 0.0729. The van der Waals surface area contributed by atoms with Gasteiger partial charge in [0, 0.05) is 5.56 Å². The van der Waals surface area contributed by atoms with Gasteiger partial charge in [-0.05, 0) is 42.8 Å². The van der Waals surface area contributed by atoms with Gasteiger partial charge in [0.2, 0.25) is 0 Å². The van der Waals surface area contributed by atoms with Gasteiger partial charge in [-0.25, -0.2) is 9.18 Å². The van der Waals surface area contributed by atoms with Crippen LogP contribution in [0.3, 0.4) is 0 Å². The summed E-state index contributed by atoms with van der Waals surface area (Å²) in [5, 5.41) is 0. The van der Waals surface area contributed by atoms with Crippen molar-refractivity contribution in [2.24, 2.45) is 0 Å². The number of carbonyl (C=O) groups excluding carboxylic acids is 2. The Labute approximate surface area is 156 Å². The summed E-state index contributed by atoms with van der Waals surface area (Å²) < 4.78 is 18.9.